The molecule has 94 valence electrons. The molecule has 1 aliphatic carbocycles. The van der Waals surface area contributed by atoms with Crippen molar-refractivity contribution in [3.63, 3.8) is 0 Å². The van der Waals surface area contributed by atoms with E-state index in [1.165, 1.54) is 11.3 Å². The van der Waals surface area contributed by atoms with E-state index in [0.717, 1.165) is 23.5 Å². The number of carboxylic acid groups (broad SMARTS) is 1. The van der Waals surface area contributed by atoms with Gasteiger partial charge >= 0.3 is 5.97 Å². The number of hydrogen-bond donors (Lipinski definition) is 2. The summed E-state index contributed by atoms with van der Waals surface area (Å²) in [4.78, 5) is 15.9. The van der Waals surface area contributed by atoms with Crippen molar-refractivity contribution in [1.82, 2.24) is 4.98 Å². The first-order valence-electron chi connectivity index (χ1n) is 5.90. The second kappa shape index (κ2) is 4.74. The number of aromatic nitrogens is 1. The van der Waals surface area contributed by atoms with Crippen LogP contribution in [0.15, 0.2) is 5.38 Å². The van der Waals surface area contributed by atoms with Crippen LogP contribution in [0.4, 0.5) is 0 Å². The van der Waals surface area contributed by atoms with Gasteiger partial charge in [-0.3, -0.25) is 4.79 Å². The Bertz CT molecular complexity index is 414. The Labute approximate surface area is 105 Å². The van der Waals surface area contributed by atoms with Crippen molar-refractivity contribution in [3.8, 4) is 0 Å². The highest BCUT2D eigenvalue weighted by Gasteiger charge is 2.42. The van der Waals surface area contributed by atoms with Gasteiger partial charge in [-0.2, -0.15) is 0 Å². The van der Waals surface area contributed by atoms with Crippen molar-refractivity contribution >= 4 is 17.3 Å². The zero-order valence-electron chi connectivity index (χ0n) is 9.98. The molecule has 1 unspecified atom stereocenters. The number of nitrogens with two attached hydrogens (primary N) is 1. The minimum atomic E-state index is -0.814. The van der Waals surface area contributed by atoms with Crippen molar-refractivity contribution < 1.29 is 9.90 Å². The summed E-state index contributed by atoms with van der Waals surface area (Å²) in [5.74, 6) is -0.226. The number of aliphatic carboxylic acids is 1. The molecule has 0 aromatic carbocycles. The molecule has 1 aromatic heterocycles. The fourth-order valence-electron chi connectivity index (χ4n) is 2.13. The third-order valence-corrected chi connectivity index (χ3v) is 4.34. The van der Waals surface area contributed by atoms with Crippen LogP contribution < -0.4 is 5.73 Å². The van der Waals surface area contributed by atoms with Crippen LogP contribution in [0, 0.1) is 18.3 Å². The summed E-state index contributed by atoms with van der Waals surface area (Å²) < 4.78 is 0. The molecule has 4 nitrogen and oxygen atoms in total. The first kappa shape index (κ1) is 12.5. The quantitative estimate of drug-likeness (QED) is 0.812. The Hall–Kier alpha value is -0.940. The smallest absolute Gasteiger partial charge is 0.311 e. The van der Waals surface area contributed by atoms with Crippen LogP contribution in [0.25, 0.3) is 0 Å². The highest BCUT2D eigenvalue weighted by atomic mass is 32.1. The van der Waals surface area contributed by atoms with Gasteiger partial charge in [0.25, 0.3) is 0 Å². The maximum Gasteiger partial charge on any atom is 0.311 e. The van der Waals surface area contributed by atoms with Crippen molar-refractivity contribution in [1.29, 1.82) is 0 Å². The topological polar surface area (TPSA) is 76.2 Å². The standard InChI is InChI=1S/C12H18N2O2S/c1-8-6-17-10(14-8)5-12(7-13,11(15)16)4-9-2-3-9/h6,9H,2-5,7,13H2,1H3,(H,15,16). The van der Waals surface area contributed by atoms with E-state index in [4.69, 9.17) is 5.73 Å². The lowest BCUT2D eigenvalue weighted by atomic mass is 9.79. The predicted molar refractivity (Wildman–Crippen MR) is 67.0 cm³/mol. The minimum absolute atomic E-state index is 0.192. The van der Waals surface area contributed by atoms with E-state index >= 15 is 0 Å². The molecule has 1 atom stereocenters. The Balaban J connectivity index is 2.16. The minimum Gasteiger partial charge on any atom is -0.481 e. The molecule has 0 radical (unpaired) electrons. The van der Waals surface area contributed by atoms with Crippen LogP contribution in [-0.4, -0.2) is 22.6 Å². The van der Waals surface area contributed by atoms with Crippen LogP contribution in [0.1, 0.15) is 30.0 Å². The molecule has 0 bridgehead atoms. The van der Waals surface area contributed by atoms with E-state index in [0.29, 0.717) is 18.8 Å². The fraction of sp³-hybridized carbons (Fsp3) is 0.667. The molecule has 1 aliphatic rings. The summed E-state index contributed by atoms with van der Waals surface area (Å²) in [6.45, 7) is 2.11. The van der Waals surface area contributed by atoms with Crippen molar-refractivity contribution in [2.45, 2.75) is 32.6 Å². The zero-order valence-corrected chi connectivity index (χ0v) is 10.8. The van der Waals surface area contributed by atoms with Crippen molar-refractivity contribution in [2.24, 2.45) is 17.1 Å². The number of hydrogen-bond acceptors (Lipinski definition) is 4. The Kier molecular flexibility index (Phi) is 3.49. The molecular weight excluding hydrogens is 236 g/mol. The van der Waals surface area contributed by atoms with Gasteiger partial charge in [0, 0.05) is 24.0 Å². The van der Waals surface area contributed by atoms with E-state index in [2.05, 4.69) is 4.98 Å². The lowest BCUT2D eigenvalue weighted by Gasteiger charge is -2.26. The molecule has 1 aromatic rings. The van der Waals surface area contributed by atoms with E-state index in [9.17, 15) is 9.90 Å². The maximum absolute atomic E-state index is 11.5. The zero-order chi connectivity index (χ0) is 12.5. The Morgan fingerprint density at radius 1 is 1.71 bits per heavy atom. The number of aryl methyl sites for hydroxylation is 1. The number of thiazole rings is 1. The van der Waals surface area contributed by atoms with Crippen LogP contribution in [0.5, 0.6) is 0 Å². The van der Waals surface area contributed by atoms with Crippen LogP contribution in [-0.2, 0) is 11.2 Å². The highest BCUT2D eigenvalue weighted by Crippen LogP contribution is 2.42. The summed E-state index contributed by atoms with van der Waals surface area (Å²) in [6, 6.07) is 0. The van der Waals surface area contributed by atoms with E-state index in [1.807, 2.05) is 12.3 Å². The Morgan fingerprint density at radius 2 is 2.41 bits per heavy atom. The molecule has 0 spiro atoms. The average molecular weight is 254 g/mol. The third-order valence-electron chi connectivity index (χ3n) is 3.38. The maximum atomic E-state index is 11.5. The normalized spacial score (nSPS) is 18.9. The molecule has 1 saturated carbocycles. The molecule has 0 aliphatic heterocycles. The largest absolute Gasteiger partial charge is 0.481 e. The van der Waals surface area contributed by atoms with E-state index < -0.39 is 11.4 Å². The lowest BCUT2D eigenvalue weighted by molar-refractivity contribution is -0.149. The molecular formula is C12H18N2O2S. The molecule has 0 saturated heterocycles. The van der Waals surface area contributed by atoms with Gasteiger partial charge < -0.3 is 10.8 Å². The highest BCUT2D eigenvalue weighted by molar-refractivity contribution is 7.09. The second-order valence-electron chi connectivity index (χ2n) is 5.00. The van der Waals surface area contributed by atoms with E-state index in [1.54, 1.807) is 0 Å². The number of rotatable bonds is 6. The predicted octanol–water partition coefficient (Wildman–Crippen LogP) is 1.82. The molecule has 3 N–H and O–H groups in total. The van der Waals surface area contributed by atoms with Gasteiger partial charge in [-0.25, -0.2) is 4.98 Å². The second-order valence-corrected chi connectivity index (χ2v) is 5.94. The van der Waals surface area contributed by atoms with Gasteiger partial charge in [0.15, 0.2) is 0 Å². The third kappa shape index (κ3) is 2.84. The molecule has 1 fully saturated rings. The van der Waals surface area contributed by atoms with Gasteiger partial charge in [-0.15, -0.1) is 11.3 Å². The van der Waals surface area contributed by atoms with Gasteiger partial charge in [0.2, 0.25) is 0 Å². The summed E-state index contributed by atoms with van der Waals surface area (Å²) in [7, 11) is 0. The molecule has 5 heteroatoms. The summed E-state index contributed by atoms with van der Waals surface area (Å²) in [5, 5.41) is 12.3. The number of nitrogens with zero attached hydrogens (tertiary/aromatic N) is 1. The molecule has 0 amide bonds. The summed E-state index contributed by atoms with van der Waals surface area (Å²) >= 11 is 1.53. The van der Waals surface area contributed by atoms with Gasteiger partial charge in [-0.1, -0.05) is 12.8 Å². The van der Waals surface area contributed by atoms with E-state index in [-0.39, 0.29) is 6.54 Å². The van der Waals surface area contributed by atoms with Crippen molar-refractivity contribution in [2.75, 3.05) is 6.54 Å². The summed E-state index contributed by atoms with van der Waals surface area (Å²) in [6.07, 6.45) is 3.45. The molecule has 2 rings (SSSR count). The summed E-state index contributed by atoms with van der Waals surface area (Å²) in [5.41, 5.74) is 5.87. The lowest BCUT2D eigenvalue weighted by Crippen LogP contribution is -2.41. The van der Waals surface area contributed by atoms with Crippen LogP contribution >= 0.6 is 11.3 Å². The van der Waals surface area contributed by atoms with Gasteiger partial charge in [-0.05, 0) is 19.3 Å². The monoisotopic (exact) mass is 254 g/mol. The van der Waals surface area contributed by atoms with Gasteiger partial charge in [0.1, 0.15) is 0 Å². The Morgan fingerprint density at radius 3 is 2.82 bits per heavy atom. The van der Waals surface area contributed by atoms with Crippen LogP contribution in [0.3, 0.4) is 0 Å². The van der Waals surface area contributed by atoms with Crippen molar-refractivity contribution in [3.05, 3.63) is 16.1 Å². The molecule has 17 heavy (non-hydrogen) atoms. The first-order chi connectivity index (χ1) is 8.05. The van der Waals surface area contributed by atoms with Gasteiger partial charge in [0.05, 0.1) is 10.4 Å². The SMILES string of the molecule is Cc1csc(CC(CN)(CC2CC2)C(=O)O)n1. The van der Waals surface area contributed by atoms with Crippen LogP contribution in [0.2, 0.25) is 0 Å². The number of carboxylic acids is 1. The fourth-order valence-corrected chi connectivity index (χ4v) is 3.04. The first-order valence-corrected chi connectivity index (χ1v) is 6.78. The average Bonchev–Trinajstić information content (AvgIpc) is 3.00. The number of carbonyl (C=O) groups is 1. The molecule has 1 heterocycles.